The maximum atomic E-state index is 13.3. The van der Waals surface area contributed by atoms with Crippen molar-refractivity contribution in [3.8, 4) is 22.5 Å². The van der Waals surface area contributed by atoms with Crippen LogP contribution in [0, 0.1) is 13.8 Å². The lowest BCUT2D eigenvalue weighted by Crippen LogP contribution is -2.19. The van der Waals surface area contributed by atoms with Crippen LogP contribution in [0.4, 0.5) is 0 Å². The number of nitrogens with one attached hydrogen (secondary N) is 2. The van der Waals surface area contributed by atoms with Crippen LogP contribution in [0.15, 0.2) is 59.4 Å². The van der Waals surface area contributed by atoms with Crippen LogP contribution in [0.2, 0.25) is 0 Å². The Balaban J connectivity index is 1.80. The predicted molar refractivity (Wildman–Crippen MR) is 106 cm³/mol. The summed E-state index contributed by atoms with van der Waals surface area (Å²) in [5.74, 6) is 0.536. The lowest BCUT2D eigenvalue weighted by molar-refractivity contribution is 0.874. The van der Waals surface area contributed by atoms with Gasteiger partial charge in [0.2, 0.25) is 0 Å². The summed E-state index contributed by atoms with van der Waals surface area (Å²) >= 11 is 0. The zero-order valence-electron chi connectivity index (χ0n) is 14.9. The quantitative estimate of drug-likeness (QED) is 0.505. The number of hydrogen-bond acceptors (Lipinski definition) is 3. The standard InChI is InChI=1S/C21H17N5O/c1-12-18(19-23-15-10-6-7-11-16(15)24-19)21(27)26-20(22-12)17(13(2)25-26)14-8-4-3-5-9-14/h3-11,25H,1-2H3,(H,23,24). The van der Waals surface area contributed by atoms with Crippen LogP contribution in [0.1, 0.15) is 11.4 Å². The number of aryl methyl sites for hydroxylation is 2. The second-order valence-electron chi connectivity index (χ2n) is 6.62. The van der Waals surface area contributed by atoms with Gasteiger partial charge in [0.15, 0.2) is 5.65 Å². The summed E-state index contributed by atoms with van der Waals surface area (Å²) in [4.78, 5) is 25.8. The van der Waals surface area contributed by atoms with Crippen molar-refractivity contribution in [2.45, 2.75) is 13.8 Å². The van der Waals surface area contributed by atoms with E-state index in [9.17, 15) is 4.79 Å². The van der Waals surface area contributed by atoms with Crippen LogP contribution in [-0.4, -0.2) is 24.6 Å². The van der Waals surface area contributed by atoms with E-state index < -0.39 is 0 Å². The Morgan fingerprint density at radius 1 is 0.889 bits per heavy atom. The molecule has 3 aromatic heterocycles. The Morgan fingerprint density at radius 3 is 2.41 bits per heavy atom. The highest BCUT2D eigenvalue weighted by Crippen LogP contribution is 2.28. The third-order valence-electron chi connectivity index (χ3n) is 4.83. The first-order valence-corrected chi connectivity index (χ1v) is 8.76. The van der Waals surface area contributed by atoms with Crippen molar-refractivity contribution in [3.05, 3.63) is 76.3 Å². The Labute approximate surface area is 154 Å². The molecule has 2 aromatic carbocycles. The topological polar surface area (TPSA) is 78.8 Å². The maximum Gasteiger partial charge on any atom is 0.283 e. The van der Waals surface area contributed by atoms with Gasteiger partial charge in [0.05, 0.1) is 16.7 Å². The fourth-order valence-electron chi connectivity index (χ4n) is 3.58. The molecule has 0 saturated carbocycles. The molecule has 0 bridgehead atoms. The van der Waals surface area contributed by atoms with E-state index in [0.717, 1.165) is 27.9 Å². The average Bonchev–Trinajstić information content (AvgIpc) is 3.23. The van der Waals surface area contributed by atoms with Crippen LogP contribution in [0.3, 0.4) is 0 Å². The van der Waals surface area contributed by atoms with Gasteiger partial charge in [0.1, 0.15) is 11.4 Å². The Hall–Kier alpha value is -3.67. The van der Waals surface area contributed by atoms with Gasteiger partial charge in [-0.25, -0.2) is 14.5 Å². The third kappa shape index (κ3) is 2.30. The van der Waals surface area contributed by atoms with Crippen LogP contribution in [0.25, 0.3) is 39.2 Å². The molecule has 0 unspecified atom stereocenters. The fourth-order valence-corrected chi connectivity index (χ4v) is 3.58. The van der Waals surface area contributed by atoms with Gasteiger partial charge in [-0.1, -0.05) is 42.5 Å². The third-order valence-corrected chi connectivity index (χ3v) is 4.83. The second-order valence-corrected chi connectivity index (χ2v) is 6.62. The van der Waals surface area contributed by atoms with E-state index in [0.29, 0.717) is 22.7 Å². The van der Waals surface area contributed by atoms with Gasteiger partial charge in [-0.2, -0.15) is 0 Å². The molecule has 27 heavy (non-hydrogen) atoms. The molecule has 0 amide bonds. The molecule has 132 valence electrons. The molecule has 0 atom stereocenters. The van der Waals surface area contributed by atoms with Gasteiger partial charge in [-0.15, -0.1) is 0 Å². The molecule has 0 spiro atoms. The number of aromatic nitrogens is 5. The lowest BCUT2D eigenvalue weighted by atomic mass is 10.1. The summed E-state index contributed by atoms with van der Waals surface area (Å²) in [7, 11) is 0. The minimum Gasteiger partial charge on any atom is -0.338 e. The Kier molecular flexibility index (Phi) is 3.27. The first-order valence-electron chi connectivity index (χ1n) is 8.76. The number of fused-ring (bicyclic) bond motifs is 2. The second kappa shape index (κ2) is 5.67. The molecule has 0 aliphatic rings. The van der Waals surface area contributed by atoms with Crippen molar-refractivity contribution in [1.82, 2.24) is 24.6 Å². The summed E-state index contributed by atoms with van der Waals surface area (Å²) in [6.45, 7) is 3.80. The summed E-state index contributed by atoms with van der Waals surface area (Å²) < 4.78 is 1.51. The van der Waals surface area contributed by atoms with E-state index >= 15 is 0 Å². The van der Waals surface area contributed by atoms with E-state index in [1.54, 1.807) is 0 Å². The molecule has 0 aliphatic heterocycles. The van der Waals surface area contributed by atoms with E-state index in [1.165, 1.54) is 4.52 Å². The van der Waals surface area contributed by atoms with E-state index in [1.807, 2.05) is 68.4 Å². The normalized spacial score (nSPS) is 11.5. The van der Waals surface area contributed by atoms with Crippen LogP contribution >= 0.6 is 0 Å². The minimum atomic E-state index is -0.165. The number of H-pyrrole nitrogens is 2. The molecule has 5 aromatic rings. The molecule has 2 N–H and O–H groups in total. The number of hydrogen-bond donors (Lipinski definition) is 2. The monoisotopic (exact) mass is 355 g/mol. The highest BCUT2D eigenvalue weighted by atomic mass is 16.1. The van der Waals surface area contributed by atoms with Gasteiger partial charge in [0.25, 0.3) is 5.56 Å². The predicted octanol–water partition coefficient (Wildman–Crippen LogP) is 3.85. The summed E-state index contributed by atoms with van der Waals surface area (Å²) in [6.07, 6.45) is 0. The molecule has 0 fully saturated rings. The Morgan fingerprint density at radius 2 is 1.63 bits per heavy atom. The van der Waals surface area contributed by atoms with Gasteiger partial charge in [0, 0.05) is 11.3 Å². The van der Waals surface area contributed by atoms with Gasteiger partial charge in [-0.05, 0) is 31.5 Å². The van der Waals surface area contributed by atoms with Gasteiger partial charge < -0.3 is 4.98 Å². The van der Waals surface area contributed by atoms with Crippen molar-refractivity contribution < 1.29 is 0 Å². The van der Waals surface area contributed by atoms with Crippen molar-refractivity contribution in [3.63, 3.8) is 0 Å². The number of nitrogens with zero attached hydrogens (tertiary/aromatic N) is 3. The van der Waals surface area contributed by atoms with Gasteiger partial charge >= 0.3 is 0 Å². The summed E-state index contributed by atoms with van der Waals surface area (Å²) in [5.41, 5.74) is 6.16. The molecular weight excluding hydrogens is 338 g/mol. The van der Waals surface area contributed by atoms with Crippen molar-refractivity contribution >= 4 is 16.7 Å². The Bertz CT molecular complexity index is 1330. The average molecular weight is 355 g/mol. The van der Waals surface area contributed by atoms with Crippen LogP contribution in [-0.2, 0) is 0 Å². The zero-order chi connectivity index (χ0) is 18.5. The molecule has 6 nitrogen and oxygen atoms in total. The first-order chi connectivity index (χ1) is 13.1. The zero-order valence-corrected chi connectivity index (χ0v) is 14.9. The number of para-hydroxylation sites is 2. The molecule has 0 aliphatic carbocycles. The highest BCUT2D eigenvalue weighted by molar-refractivity contribution is 5.82. The van der Waals surface area contributed by atoms with Crippen LogP contribution in [0.5, 0.6) is 0 Å². The van der Waals surface area contributed by atoms with E-state index in [4.69, 9.17) is 4.98 Å². The molecule has 0 saturated heterocycles. The fraction of sp³-hybridized carbons (Fsp3) is 0.0952. The molecule has 6 heteroatoms. The summed E-state index contributed by atoms with van der Waals surface area (Å²) in [5, 5.41) is 3.16. The number of imidazole rings is 1. The van der Waals surface area contributed by atoms with Crippen molar-refractivity contribution in [1.29, 1.82) is 0 Å². The van der Waals surface area contributed by atoms with Crippen molar-refractivity contribution in [2.24, 2.45) is 0 Å². The molecule has 3 heterocycles. The first kappa shape index (κ1) is 15.6. The smallest absolute Gasteiger partial charge is 0.283 e. The molecule has 5 rings (SSSR count). The number of aromatic amines is 2. The van der Waals surface area contributed by atoms with E-state index in [-0.39, 0.29) is 5.56 Å². The minimum absolute atomic E-state index is 0.165. The lowest BCUT2D eigenvalue weighted by Gasteiger charge is -2.04. The largest absolute Gasteiger partial charge is 0.338 e. The number of rotatable bonds is 2. The summed E-state index contributed by atoms with van der Waals surface area (Å²) in [6, 6.07) is 17.7. The van der Waals surface area contributed by atoms with Gasteiger partial charge in [-0.3, -0.25) is 9.89 Å². The van der Waals surface area contributed by atoms with E-state index in [2.05, 4.69) is 15.1 Å². The van der Waals surface area contributed by atoms with Crippen LogP contribution < -0.4 is 5.56 Å². The highest BCUT2D eigenvalue weighted by Gasteiger charge is 2.20. The molecular formula is C21H17N5O. The molecule has 0 radical (unpaired) electrons. The van der Waals surface area contributed by atoms with Crippen molar-refractivity contribution in [2.75, 3.05) is 0 Å². The SMILES string of the molecule is Cc1nc2c(-c3ccccc3)c(C)[nH]n2c(=O)c1-c1nc2ccccc2[nH]1. The maximum absolute atomic E-state index is 13.3. The number of benzene rings is 2.